The van der Waals surface area contributed by atoms with Crippen LogP contribution >= 0.6 is 0 Å². The van der Waals surface area contributed by atoms with Crippen molar-refractivity contribution < 1.29 is 33.3 Å². The molecule has 1 aromatic heterocycles. The van der Waals surface area contributed by atoms with Crippen molar-refractivity contribution in [3.63, 3.8) is 0 Å². The molecule has 0 amide bonds. The van der Waals surface area contributed by atoms with Crippen LogP contribution in [0.25, 0.3) is 22.6 Å². The fraction of sp³-hybridized carbons (Fsp3) is 0.150. The average Bonchev–Trinajstić information content (AvgIpc) is 2.62. The third-order valence-electron chi connectivity index (χ3n) is 3.05. The summed E-state index contributed by atoms with van der Waals surface area (Å²) in [6.45, 7) is 2.09. The van der Waals surface area contributed by atoms with Crippen LogP contribution in [0.5, 0.6) is 0 Å². The van der Waals surface area contributed by atoms with E-state index in [4.69, 9.17) is 23.1 Å². The van der Waals surface area contributed by atoms with E-state index in [1.807, 2.05) is 50.5 Å². The van der Waals surface area contributed by atoms with Crippen LogP contribution < -0.4 is 24.0 Å². The predicted octanol–water partition coefficient (Wildman–Crippen LogP) is 0.283. The Morgan fingerprint density at radius 2 is 1.00 bits per heavy atom. The highest BCUT2D eigenvalue weighted by molar-refractivity contribution is 5.63. The molecule has 0 atom stereocenters. The maximum atomic E-state index is 8.49. The summed E-state index contributed by atoms with van der Waals surface area (Å²) in [5.41, 5.74) is 3.40. The van der Waals surface area contributed by atoms with Crippen molar-refractivity contribution in [2.24, 2.45) is 0 Å². The SMILES string of the molecule is CNC.Cc1cc(-c2ccccc2)[o+]c(-c2ccccc2)c1.[O-][Cl+3]([O-])([O-])[O-]. The smallest absolute Gasteiger partial charge is 0.323 e. The minimum absolute atomic E-state index is 0.902. The van der Waals surface area contributed by atoms with Gasteiger partial charge in [0.05, 0.1) is 11.1 Å². The number of hydrogen-bond acceptors (Lipinski definition) is 5. The Kier molecular flexibility index (Phi) is 9.60. The molecule has 0 bridgehead atoms. The second-order valence-electron chi connectivity index (χ2n) is 5.47. The van der Waals surface area contributed by atoms with Gasteiger partial charge in [-0.15, -0.1) is 10.2 Å². The zero-order valence-corrected chi connectivity index (χ0v) is 16.1. The van der Waals surface area contributed by atoms with Gasteiger partial charge in [0.15, 0.2) is 0 Å². The Balaban J connectivity index is 0.000000390. The molecule has 3 aromatic rings. The average molecular weight is 392 g/mol. The van der Waals surface area contributed by atoms with E-state index in [-0.39, 0.29) is 0 Å². The van der Waals surface area contributed by atoms with Crippen molar-refractivity contribution in [2.45, 2.75) is 6.92 Å². The molecule has 0 radical (unpaired) electrons. The van der Waals surface area contributed by atoms with Gasteiger partial charge in [0, 0.05) is 12.1 Å². The van der Waals surface area contributed by atoms with E-state index in [9.17, 15) is 0 Å². The van der Waals surface area contributed by atoms with E-state index in [1.165, 1.54) is 5.56 Å². The molecular formula is C20H22ClNO5. The Morgan fingerprint density at radius 1 is 0.704 bits per heavy atom. The first-order valence-corrected chi connectivity index (χ1v) is 9.24. The van der Waals surface area contributed by atoms with Gasteiger partial charge in [-0.1, -0.05) is 36.4 Å². The normalized spacial score (nSPS) is 10.2. The van der Waals surface area contributed by atoms with Crippen LogP contribution in [0.1, 0.15) is 5.56 Å². The summed E-state index contributed by atoms with van der Waals surface area (Å²) in [4.78, 5) is 0. The molecule has 0 spiro atoms. The lowest BCUT2D eigenvalue weighted by molar-refractivity contribution is -2.00. The molecule has 3 rings (SSSR count). The van der Waals surface area contributed by atoms with Gasteiger partial charge >= 0.3 is 11.5 Å². The molecule has 0 aliphatic heterocycles. The topological polar surface area (TPSA) is 116 Å². The molecule has 1 N–H and O–H groups in total. The van der Waals surface area contributed by atoms with E-state index >= 15 is 0 Å². The minimum Gasteiger partial charge on any atom is -0.323 e. The molecular weight excluding hydrogens is 370 g/mol. The summed E-state index contributed by atoms with van der Waals surface area (Å²) in [6, 6.07) is 24.5. The minimum atomic E-state index is -4.94. The first kappa shape index (κ1) is 22.7. The van der Waals surface area contributed by atoms with Gasteiger partial charge in [0.1, 0.15) is 0 Å². The summed E-state index contributed by atoms with van der Waals surface area (Å²) in [5.74, 6) is 1.80. The third kappa shape index (κ3) is 9.81. The van der Waals surface area contributed by atoms with Gasteiger partial charge in [-0.05, 0) is 50.8 Å². The molecule has 7 heteroatoms. The first-order valence-electron chi connectivity index (χ1n) is 8.00. The van der Waals surface area contributed by atoms with Crippen molar-refractivity contribution in [1.82, 2.24) is 5.32 Å². The lowest BCUT2D eigenvalue weighted by Gasteiger charge is -2.17. The maximum absolute atomic E-state index is 8.49. The number of halogens is 1. The standard InChI is InChI=1S/C18H15O.C2H7N.ClHO4/c1-14-12-17(15-8-4-2-5-9-15)19-18(13-14)16-10-6-3-7-11-16;1-3-2;2-1(3,4)5/h2-13H,1H3;3H,1-2H3;(H,2,3,4,5)/q+1;;/p-1. The molecule has 144 valence electrons. The van der Waals surface area contributed by atoms with Crippen molar-refractivity contribution >= 4 is 0 Å². The molecule has 0 saturated heterocycles. The lowest BCUT2D eigenvalue weighted by atomic mass is 10.1. The number of benzene rings is 2. The van der Waals surface area contributed by atoms with Crippen LogP contribution in [0.3, 0.4) is 0 Å². The highest BCUT2D eigenvalue weighted by Gasteiger charge is 2.17. The third-order valence-corrected chi connectivity index (χ3v) is 3.05. The van der Waals surface area contributed by atoms with Crippen molar-refractivity contribution in [3.8, 4) is 22.6 Å². The predicted molar refractivity (Wildman–Crippen MR) is 93.7 cm³/mol. The van der Waals surface area contributed by atoms with Crippen LogP contribution in [-0.4, -0.2) is 14.1 Å². The fourth-order valence-electron chi connectivity index (χ4n) is 2.12. The lowest BCUT2D eigenvalue weighted by Crippen LogP contribution is -2.68. The van der Waals surface area contributed by atoms with Gasteiger partial charge < -0.3 is 5.32 Å². The van der Waals surface area contributed by atoms with Crippen LogP contribution in [0.4, 0.5) is 0 Å². The molecule has 1 heterocycles. The summed E-state index contributed by atoms with van der Waals surface area (Å²) < 4.78 is 40.0. The van der Waals surface area contributed by atoms with E-state index in [0.29, 0.717) is 0 Å². The summed E-state index contributed by atoms with van der Waals surface area (Å²) >= 11 is 0. The van der Waals surface area contributed by atoms with Crippen molar-refractivity contribution in [3.05, 3.63) is 78.4 Å². The van der Waals surface area contributed by atoms with E-state index < -0.39 is 10.2 Å². The summed E-state index contributed by atoms with van der Waals surface area (Å²) in [7, 11) is -1.19. The van der Waals surface area contributed by atoms with Crippen LogP contribution in [0.2, 0.25) is 0 Å². The molecule has 2 aromatic carbocycles. The van der Waals surface area contributed by atoms with Crippen LogP contribution in [-0.2, 0) is 0 Å². The fourth-order valence-corrected chi connectivity index (χ4v) is 2.12. The largest absolute Gasteiger partial charge is 0.361 e. The molecule has 0 aliphatic carbocycles. The number of nitrogens with one attached hydrogen (secondary N) is 1. The zero-order valence-electron chi connectivity index (χ0n) is 15.3. The second-order valence-corrected chi connectivity index (χ2v) is 6.23. The van der Waals surface area contributed by atoms with Gasteiger partial charge in [0.25, 0.3) is 0 Å². The molecule has 0 aliphatic rings. The number of rotatable bonds is 2. The van der Waals surface area contributed by atoms with Gasteiger partial charge in [-0.2, -0.15) is 0 Å². The highest BCUT2D eigenvalue weighted by Crippen LogP contribution is 2.27. The first-order chi connectivity index (χ1) is 12.7. The number of aryl methyl sites for hydroxylation is 1. The maximum Gasteiger partial charge on any atom is 0.361 e. The Labute approximate surface area is 161 Å². The Morgan fingerprint density at radius 3 is 1.30 bits per heavy atom. The Bertz CT molecular complexity index is 729. The molecule has 0 fully saturated rings. The van der Waals surface area contributed by atoms with E-state index in [0.717, 1.165) is 22.6 Å². The summed E-state index contributed by atoms with van der Waals surface area (Å²) in [5, 5.41) is 2.75. The van der Waals surface area contributed by atoms with Crippen LogP contribution in [0, 0.1) is 17.2 Å². The zero-order chi connectivity index (χ0) is 20.3. The van der Waals surface area contributed by atoms with E-state index in [1.54, 1.807) is 0 Å². The van der Waals surface area contributed by atoms with Gasteiger partial charge in [0.2, 0.25) is 0 Å². The second kappa shape index (κ2) is 11.4. The Hall–Kier alpha value is -2.32. The van der Waals surface area contributed by atoms with Crippen molar-refractivity contribution in [1.29, 1.82) is 0 Å². The van der Waals surface area contributed by atoms with Gasteiger partial charge in [-0.25, -0.2) is 23.1 Å². The molecule has 27 heavy (non-hydrogen) atoms. The van der Waals surface area contributed by atoms with Crippen molar-refractivity contribution in [2.75, 3.05) is 14.1 Å². The monoisotopic (exact) mass is 391 g/mol. The van der Waals surface area contributed by atoms with E-state index in [2.05, 4.69) is 48.6 Å². The molecule has 0 unspecified atom stereocenters. The molecule has 0 saturated carbocycles. The van der Waals surface area contributed by atoms with Gasteiger partial charge in [-0.3, -0.25) is 0 Å². The van der Waals surface area contributed by atoms with Crippen LogP contribution in [0.15, 0.2) is 77.2 Å². The quantitative estimate of drug-likeness (QED) is 0.627. The number of hydrogen-bond donors (Lipinski definition) is 1. The molecule has 6 nitrogen and oxygen atoms in total. The summed E-state index contributed by atoms with van der Waals surface area (Å²) in [6.07, 6.45) is 0. The highest BCUT2D eigenvalue weighted by atomic mass is 35.7.